The van der Waals surface area contributed by atoms with Gasteiger partial charge in [-0.15, -0.1) is 21.5 Å². The van der Waals surface area contributed by atoms with Crippen molar-refractivity contribution in [2.45, 2.75) is 5.25 Å². The molecule has 2 aromatic heterocycles. The minimum absolute atomic E-state index is 0.0890. The van der Waals surface area contributed by atoms with Gasteiger partial charge >= 0.3 is 0 Å². The van der Waals surface area contributed by atoms with E-state index in [1.165, 1.54) is 6.07 Å². The number of hydrogen-bond acceptors (Lipinski definition) is 6. The lowest BCUT2D eigenvalue weighted by Gasteiger charge is -2.14. The summed E-state index contributed by atoms with van der Waals surface area (Å²) in [6, 6.07) is 2.41. The molecule has 0 saturated carbocycles. The second kappa shape index (κ2) is 5.63. The molecule has 6 nitrogen and oxygen atoms in total. The molecule has 11 heteroatoms. The van der Waals surface area contributed by atoms with E-state index in [1.807, 2.05) is 0 Å². The van der Waals surface area contributed by atoms with Crippen LogP contribution in [-0.4, -0.2) is 23.7 Å². The number of nitrogens with two attached hydrogens (primary N) is 1. The second-order valence-corrected chi connectivity index (χ2v) is 8.01. The van der Waals surface area contributed by atoms with Gasteiger partial charge in [0.15, 0.2) is 5.15 Å². The molecule has 0 fully saturated rings. The van der Waals surface area contributed by atoms with Gasteiger partial charge in [0.25, 0.3) is 0 Å². The Labute approximate surface area is 133 Å². The Balaban J connectivity index is 2.69. The highest BCUT2D eigenvalue weighted by Gasteiger charge is 2.33. The van der Waals surface area contributed by atoms with Gasteiger partial charge in [-0.05, 0) is 6.07 Å². The van der Waals surface area contributed by atoms with E-state index >= 15 is 0 Å². The van der Waals surface area contributed by atoms with E-state index in [0.29, 0.717) is 0 Å². The monoisotopic (exact) mass is 373 g/mol. The van der Waals surface area contributed by atoms with Crippen LogP contribution in [0.25, 0.3) is 0 Å². The smallest absolute Gasteiger partial charge is 0.222 e. The van der Waals surface area contributed by atoms with Crippen LogP contribution in [0, 0.1) is 0 Å². The maximum Gasteiger partial charge on any atom is 0.222 e. The number of aromatic nitrogens is 2. The summed E-state index contributed by atoms with van der Waals surface area (Å²) < 4.78 is 24.0. The van der Waals surface area contributed by atoms with Crippen molar-refractivity contribution in [3.63, 3.8) is 0 Å². The van der Waals surface area contributed by atoms with Crippen LogP contribution in [0.1, 0.15) is 16.5 Å². The summed E-state index contributed by atoms with van der Waals surface area (Å²) in [7, 11) is -4.16. The number of thiophene rings is 1. The lowest BCUT2D eigenvalue weighted by Crippen LogP contribution is -2.23. The Bertz CT molecular complexity index is 763. The Hall–Kier alpha value is -0.640. The van der Waals surface area contributed by atoms with Gasteiger partial charge in [0, 0.05) is 11.6 Å². The van der Waals surface area contributed by atoms with Crippen molar-refractivity contribution in [2.24, 2.45) is 5.14 Å². The summed E-state index contributed by atoms with van der Waals surface area (Å²) in [4.78, 5) is 0. The molecule has 108 valence electrons. The standard InChI is InChI=1S/C9H6Cl3N3O3S2/c10-5-2-4(16)7(15-14-5)8(20(13,17)18)3-1-6(11)19-9(3)12/h1-2,8H,(H,14,16)(H2,13,17,18). The van der Waals surface area contributed by atoms with Gasteiger partial charge in [-0.1, -0.05) is 34.8 Å². The van der Waals surface area contributed by atoms with Gasteiger partial charge in [0.1, 0.15) is 16.7 Å². The highest BCUT2D eigenvalue weighted by Crippen LogP contribution is 2.41. The molecule has 2 heterocycles. The molecule has 2 rings (SSSR count). The fourth-order valence-corrected chi connectivity index (χ4v) is 4.40. The van der Waals surface area contributed by atoms with Gasteiger partial charge < -0.3 is 5.11 Å². The first-order valence-electron chi connectivity index (χ1n) is 4.88. The summed E-state index contributed by atoms with van der Waals surface area (Å²) in [6.45, 7) is 0. The van der Waals surface area contributed by atoms with Crippen molar-refractivity contribution in [3.8, 4) is 5.75 Å². The van der Waals surface area contributed by atoms with Crippen LogP contribution >= 0.6 is 46.1 Å². The van der Waals surface area contributed by atoms with Gasteiger partial charge in [0.05, 0.1) is 8.67 Å². The van der Waals surface area contributed by atoms with Crippen molar-refractivity contribution < 1.29 is 13.5 Å². The fourth-order valence-electron chi connectivity index (χ4n) is 1.57. The Morgan fingerprint density at radius 1 is 1.25 bits per heavy atom. The zero-order valence-electron chi connectivity index (χ0n) is 9.42. The van der Waals surface area contributed by atoms with Crippen LogP contribution in [0.5, 0.6) is 5.75 Å². The molecule has 1 atom stereocenters. The van der Waals surface area contributed by atoms with Crippen molar-refractivity contribution >= 4 is 56.2 Å². The van der Waals surface area contributed by atoms with Crippen LogP contribution in [0.15, 0.2) is 12.1 Å². The van der Waals surface area contributed by atoms with Crippen LogP contribution in [0.3, 0.4) is 0 Å². The number of hydrogen-bond donors (Lipinski definition) is 2. The first-order valence-corrected chi connectivity index (χ1v) is 8.44. The van der Waals surface area contributed by atoms with Crippen molar-refractivity contribution in [1.29, 1.82) is 0 Å². The van der Waals surface area contributed by atoms with E-state index in [0.717, 1.165) is 17.4 Å². The quantitative estimate of drug-likeness (QED) is 0.858. The van der Waals surface area contributed by atoms with E-state index < -0.39 is 21.0 Å². The Morgan fingerprint density at radius 2 is 1.90 bits per heavy atom. The second-order valence-electron chi connectivity index (χ2n) is 3.69. The van der Waals surface area contributed by atoms with Gasteiger partial charge in [-0.25, -0.2) is 13.6 Å². The minimum atomic E-state index is -4.16. The minimum Gasteiger partial charge on any atom is -0.506 e. The molecule has 0 aliphatic carbocycles. The summed E-state index contributed by atoms with van der Waals surface area (Å²) in [5.74, 6) is -0.456. The maximum absolute atomic E-state index is 11.8. The first-order chi connectivity index (χ1) is 9.20. The maximum atomic E-state index is 11.8. The topological polar surface area (TPSA) is 106 Å². The molecule has 0 aliphatic rings. The largest absolute Gasteiger partial charge is 0.506 e. The molecule has 0 aromatic carbocycles. The zero-order valence-corrected chi connectivity index (χ0v) is 13.3. The number of halogens is 3. The number of primary sulfonamides is 1. The third kappa shape index (κ3) is 3.16. The predicted octanol–water partition coefficient (Wildman–Crippen LogP) is 2.58. The average molecular weight is 375 g/mol. The van der Waals surface area contributed by atoms with E-state index in [9.17, 15) is 13.5 Å². The fraction of sp³-hybridized carbons (Fsp3) is 0.111. The molecule has 0 amide bonds. The summed E-state index contributed by atoms with van der Waals surface area (Å²) in [6.07, 6.45) is 0. The molecule has 20 heavy (non-hydrogen) atoms. The molecule has 0 saturated heterocycles. The van der Waals surface area contributed by atoms with Crippen LogP contribution in [0.4, 0.5) is 0 Å². The van der Waals surface area contributed by atoms with Crippen molar-refractivity contribution in [2.75, 3.05) is 0 Å². The number of sulfonamides is 1. The highest BCUT2D eigenvalue weighted by atomic mass is 35.5. The number of nitrogens with zero attached hydrogens (tertiary/aromatic N) is 2. The van der Waals surface area contributed by atoms with Crippen LogP contribution in [-0.2, 0) is 10.0 Å². The Morgan fingerprint density at radius 3 is 2.35 bits per heavy atom. The van der Waals surface area contributed by atoms with Crippen molar-refractivity contribution in [3.05, 3.63) is 37.2 Å². The summed E-state index contributed by atoms with van der Waals surface area (Å²) >= 11 is 18.3. The molecular formula is C9H6Cl3N3O3S2. The third-order valence-corrected chi connectivity index (χ3v) is 5.15. The van der Waals surface area contributed by atoms with Gasteiger partial charge in [-0.2, -0.15) is 0 Å². The summed E-state index contributed by atoms with van der Waals surface area (Å²) in [5.41, 5.74) is -0.149. The molecular weight excluding hydrogens is 369 g/mol. The van der Waals surface area contributed by atoms with E-state index in [1.54, 1.807) is 0 Å². The molecule has 0 aliphatic heterocycles. The van der Waals surface area contributed by atoms with E-state index in [-0.39, 0.29) is 25.1 Å². The lowest BCUT2D eigenvalue weighted by molar-refractivity contribution is 0.461. The zero-order chi connectivity index (χ0) is 15.1. The normalized spacial score (nSPS) is 13.4. The van der Waals surface area contributed by atoms with Gasteiger partial charge in [-0.3, -0.25) is 0 Å². The Kier molecular flexibility index (Phi) is 4.43. The average Bonchev–Trinajstić information content (AvgIpc) is 2.60. The molecule has 2 aromatic rings. The van der Waals surface area contributed by atoms with E-state index in [2.05, 4.69) is 10.2 Å². The third-order valence-electron chi connectivity index (χ3n) is 2.31. The summed E-state index contributed by atoms with van der Waals surface area (Å²) in [5, 5.41) is 20.5. The lowest BCUT2D eigenvalue weighted by atomic mass is 10.1. The van der Waals surface area contributed by atoms with Crippen molar-refractivity contribution in [1.82, 2.24) is 10.2 Å². The molecule has 1 unspecified atom stereocenters. The molecule has 0 spiro atoms. The van der Waals surface area contributed by atoms with E-state index in [4.69, 9.17) is 39.9 Å². The number of rotatable bonds is 3. The van der Waals surface area contributed by atoms with Gasteiger partial charge in [0.2, 0.25) is 10.0 Å². The van der Waals surface area contributed by atoms with Crippen LogP contribution in [0.2, 0.25) is 13.8 Å². The predicted molar refractivity (Wildman–Crippen MR) is 78.0 cm³/mol. The SMILES string of the molecule is NS(=O)(=O)C(c1cc(Cl)sc1Cl)c1nnc(Cl)cc1O. The highest BCUT2D eigenvalue weighted by molar-refractivity contribution is 7.89. The molecule has 0 radical (unpaired) electrons. The first kappa shape index (κ1) is 15.7. The molecule has 0 bridgehead atoms. The number of aromatic hydroxyl groups is 1. The molecule has 3 N–H and O–H groups in total. The van der Waals surface area contributed by atoms with Crippen LogP contribution < -0.4 is 5.14 Å².